The molecule has 0 saturated carbocycles. The van der Waals surface area contributed by atoms with Gasteiger partial charge < -0.3 is 4.90 Å². The highest BCUT2D eigenvalue weighted by Gasteiger charge is 2.28. The number of carbonyl (C=O) groups excluding carboxylic acids is 1. The third-order valence-corrected chi connectivity index (χ3v) is 5.73. The molecule has 1 fully saturated rings. The third-order valence-electron chi connectivity index (χ3n) is 5.05. The van der Waals surface area contributed by atoms with E-state index >= 15 is 0 Å². The summed E-state index contributed by atoms with van der Waals surface area (Å²) in [6.45, 7) is 7.66. The summed E-state index contributed by atoms with van der Waals surface area (Å²) in [4.78, 5) is 24.4. The van der Waals surface area contributed by atoms with Crippen LogP contribution in [0.5, 0.6) is 0 Å². The summed E-state index contributed by atoms with van der Waals surface area (Å²) in [7, 11) is 0. The summed E-state index contributed by atoms with van der Waals surface area (Å²) in [5.41, 5.74) is 2.86. The lowest BCUT2D eigenvalue weighted by Gasteiger charge is -2.32. The van der Waals surface area contributed by atoms with Crippen molar-refractivity contribution in [2.24, 2.45) is 0 Å². The third kappa shape index (κ3) is 3.93. The van der Waals surface area contributed by atoms with Gasteiger partial charge in [0.05, 0.1) is 11.3 Å². The van der Waals surface area contributed by atoms with Gasteiger partial charge in [0, 0.05) is 19.0 Å². The zero-order chi connectivity index (χ0) is 18.7. The van der Waals surface area contributed by atoms with Gasteiger partial charge in [-0.3, -0.25) is 4.79 Å². The Bertz CT molecular complexity index is 768. The lowest BCUT2D eigenvalue weighted by molar-refractivity contribution is 0.0707. The molecule has 0 N–H and O–H groups in total. The Labute approximate surface area is 160 Å². The van der Waals surface area contributed by atoms with E-state index in [2.05, 4.69) is 54.1 Å². The standard InChI is InChI=1S/C21H27N3OS/c1-14(2)19-22-15(3)18(20(23-19)26-4)21(25)24-12-10-17(11-13-24)16-8-6-5-7-9-16/h5-9,14,17H,10-13H2,1-4H3. The van der Waals surface area contributed by atoms with Gasteiger partial charge in [-0.05, 0) is 37.5 Å². The first-order valence-corrected chi connectivity index (χ1v) is 10.5. The number of aryl methyl sites for hydroxylation is 1. The largest absolute Gasteiger partial charge is 0.338 e. The average molecular weight is 370 g/mol. The molecule has 1 saturated heterocycles. The molecule has 1 aromatic heterocycles. The van der Waals surface area contributed by atoms with Crippen LogP contribution in [0.1, 0.15) is 66.0 Å². The first kappa shape index (κ1) is 18.9. The number of hydrogen-bond acceptors (Lipinski definition) is 4. The SMILES string of the molecule is CSc1nc(C(C)C)nc(C)c1C(=O)N1CCC(c2ccccc2)CC1. The van der Waals surface area contributed by atoms with E-state index in [0.717, 1.165) is 42.5 Å². The zero-order valence-corrected chi connectivity index (χ0v) is 16.8. The monoisotopic (exact) mass is 369 g/mol. The summed E-state index contributed by atoms with van der Waals surface area (Å²) in [5.74, 6) is 1.69. The van der Waals surface area contributed by atoms with Crippen molar-refractivity contribution in [2.45, 2.75) is 50.5 Å². The lowest BCUT2D eigenvalue weighted by Crippen LogP contribution is -2.38. The van der Waals surface area contributed by atoms with E-state index in [4.69, 9.17) is 0 Å². The second kappa shape index (κ2) is 8.21. The predicted molar refractivity (Wildman–Crippen MR) is 107 cm³/mol. The quantitative estimate of drug-likeness (QED) is 0.581. The molecule has 1 amide bonds. The Morgan fingerprint density at radius 1 is 1.15 bits per heavy atom. The summed E-state index contributed by atoms with van der Waals surface area (Å²) >= 11 is 1.53. The highest BCUT2D eigenvalue weighted by atomic mass is 32.2. The summed E-state index contributed by atoms with van der Waals surface area (Å²) in [5, 5.41) is 0.802. The molecule has 0 aliphatic carbocycles. The Kier molecular flexibility index (Phi) is 5.97. The molecule has 1 aromatic carbocycles. The van der Waals surface area contributed by atoms with Crippen LogP contribution in [-0.4, -0.2) is 40.1 Å². The van der Waals surface area contributed by atoms with Crippen LogP contribution >= 0.6 is 11.8 Å². The maximum Gasteiger partial charge on any atom is 0.258 e. The zero-order valence-electron chi connectivity index (χ0n) is 16.0. The fourth-order valence-corrected chi connectivity index (χ4v) is 4.14. The summed E-state index contributed by atoms with van der Waals surface area (Å²) < 4.78 is 0. The highest BCUT2D eigenvalue weighted by molar-refractivity contribution is 7.98. The van der Waals surface area contributed by atoms with Gasteiger partial charge in [-0.1, -0.05) is 44.2 Å². The summed E-state index contributed by atoms with van der Waals surface area (Å²) in [6, 6.07) is 10.6. The van der Waals surface area contributed by atoms with Gasteiger partial charge in [0.2, 0.25) is 0 Å². The van der Waals surface area contributed by atoms with E-state index in [9.17, 15) is 4.79 Å². The van der Waals surface area contributed by atoms with Gasteiger partial charge in [-0.15, -0.1) is 11.8 Å². The first-order valence-electron chi connectivity index (χ1n) is 9.28. The van der Waals surface area contributed by atoms with Crippen LogP contribution in [0, 0.1) is 6.92 Å². The van der Waals surface area contributed by atoms with Crippen LogP contribution in [-0.2, 0) is 0 Å². The molecular formula is C21H27N3OS. The van der Waals surface area contributed by atoms with Crippen molar-refractivity contribution in [1.82, 2.24) is 14.9 Å². The molecule has 2 heterocycles. The maximum absolute atomic E-state index is 13.2. The van der Waals surface area contributed by atoms with Gasteiger partial charge in [-0.25, -0.2) is 9.97 Å². The first-order chi connectivity index (χ1) is 12.5. The van der Waals surface area contributed by atoms with Crippen LogP contribution < -0.4 is 0 Å². The summed E-state index contributed by atoms with van der Waals surface area (Å²) in [6.07, 6.45) is 3.99. The number of rotatable bonds is 4. The van der Waals surface area contributed by atoms with E-state index in [-0.39, 0.29) is 11.8 Å². The van der Waals surface area contributed by atoms with Crippen LogP contribution in [0.25, 0.3) is 0 Å². The smallest absolute Gasteiger partial charge is 0.258 e. The molecule has 0 unspecified atom stereocenters. The van der Waals surface area contributed by atoms with E-state index in [1.54, 1.807) is 0 Å². The number of aromatic nitrogens is 2. The maximum atomic E-state index is 13.2. The van der Waals surface area contributed by atoms with Crippen molar-refractivity contribution in [2.75, 3.05) is 19.3 Å². The Hall–Kier alpha value is -1.88. The predicted octanol–water partition coefficient (Wildman–Crippen LogP) is 4.65. The van der Waals surface area contributed by atoms with Crippen molar-refractivity contribution in [1.29, 1.82) is 0 Å². The molecule has 0 radical (unpaired) electrons. The minimum absolute atomic E-state index is 0.0775. The van der Waals surface area contributed by atoms with E-state index in [1.165, 1.54) is 17.3 Å². The molecule has 1 aliphatic heterocycles. The fourth-order valence-electron chi connectivity index (χ4n) is 3.52. The minimum atomic E-state index is 0.0775. The highest BCUT2D eigenvalue weighted by Crippen LogP contribution is 2.30. The molecule has 1 aliphatic rings. The van der Waals surface area contributed by atoms with Gasteiger partial charge >= 0.3 is 0 Å². The van der Waals surface area contributed by atoms with Crippen molar-refractivity contribution in [3.8, 4) is 0 Å². The van der Waals surface area contributed by atoms with Crippen LogP contribution in [0.2, 0.25) is 0 Å². The molecule has 0 atom stereocenters. The number of likely N-dealkylation sites (tertiary alicyclic amines) is 1. The van der Waals surface area contributed by atoms with Gasteiger partial charge in [0.25, 0.3) is 5.91 Å². The number of amides is 1. The lowest BCUT2D eigenvalue weighted by atomic mass is 9.89. The molecule has 4 nitrogen and oxygen atoms in total. The average Bonchev–Trinajstić information content (AvgIpc) is 2.67. The van der Waals surface area contributed by atoms with E-state index in [0.29, 0.717) is 11.5 Å². The second-order valence-corrected chi connectivity index (χ2v) is 7.98. The molecule has 138 valence electrons. The van der Waals surface area contributed by atoms with Gasteiger partial charge in [-0.2, -0.15) is 0 Å². The van der Waals surface area contributed by atoms with Crippen molar-refractivity contribution < 1.29 is 4.79 Å². The fraction of sp³-hybridized carbons (Fsp3) is 0.476. The number of thioether (sulfide) groups is 1. The van der Waals surface area contributed by atoms with Crippen molar-refractivity contribution in [3.63, 3.8) is 0 Å². The normalized spacial score (nSPS) is 15.5. The second-order valence-electron chi connectivity index (χ2n) is 7.18. The molecule has 0 spiro atoms. The van der Waals surface area contributed by atoms with E-state index in [1.807, 2.05) is 18.1 Å². The molecule has 5 heteroatoms. The van der Waals surface area contributed by atoms with E-state index < -0.39 is 0 Å². The van der Waals surface area contributed by atoms with Crippen LogP contribution in [0.4, 0.5) is 0 Å². The number of benzene rings is 1. The minimum Gasteiger partial charge on any atom is -0.338 e. The van der Waals surface area contributed by atoms with Crippen molar-refractivity contribution in [3.05, 3.63) is 53.0 Å². The number of nitrogens with zero attached hydrogens (tertiary/aromatic N) is 3. The Balaban J connectivity index is 1.76. The molecule has 3 rings (SSSR count). The Morgan fingerprint density at radius 3 is 2.38 bits per heavy atom. The molecule has 0 bridgehead atoms. The van der Waals surface area contributed by atoms with Crippen LogP contribution in [0.3, 0.4) is 0 Å². The van der Waals surface area contributed by atoms with Gasteiger partial charge in [0.15, 0.2) is 0 Å². The van der Waals surface area contributed by atoms with Crippen LogP contribution in [0.15, 0.2) is 35.4 Å². The molecule has 2 aromatic rings. The Morgan fingerprint density at radius 2 is 1.81 bits per heavy atom. The van der Waals surface area contributed by atoms with Gasteiger partial charge in [0.1, 0.15) is 10.9 Å². The van der Waals surface area contributed by atoms with Crippen molar-refractivity contribution >= 4 is 17.7 Å². The number of carbonyl (C=O) groups is 1. The number of hydrogen-bond donors (Lipinski definition) is 0. The molecule has 26 heavy (non-hydrogen) atoms. The number of piperidine rings is 1. The molecular weight excluding hydrogens is 342 g/mol. The topological polar surface area (TPSA) is 46.1 Å².